The molecule has 0 atom stereocenters. The smallest absolute Gasteiger partial charge is 0.263 e. The van der Waals surface area contributed by atoms with Gasteiger partial charge in [-0.3, -0.25) is 14.2 Å². The average Bonchev–Trinajstić information content (AvgIpc) is 3.35. The Hall–Kier alpha value is -2.96. The molecule has 7 heteroatoms. The Bertz CT molecular complexity index is 1270. The summed E-state index contributed by atoms with van der Waals surface area (Å²) in [5.74, 6) is -0.0901. The highest BCUT2D eigenvalue weighted by Gasteiger charge is 2.23. The number of rotatable bonds is 3. The van der Waals surface area contributed by atoms with E-state index in [4.69, 9.17) is 11.6 Å². The van der Waals surface area contributed by atoms with Crippen molar-refractivity contribution in [2.75, 3.05) is 0 Å². The molecule has 0 radical (unpaired) electrons. The first-order valence-corrected chi connectivity index (χ1v) is 10.4. The molecule has 0 bridgehead atoms. The van der Waals surface area contributed by atoms with E-state index < -0.39 is 0 Å². The fourth-order valence-electron chi connectivity index (χ4n) is 3.68. The monoisotopic (exact) mass is 421 g/mol. The van der Waals surface area contributed by atoms with E-state index >= 15 is 0 Å². The fourth-order valence-corrected chi connectivity index (χ4v) is 4.71. The number of fused-ring (bicyclic) bond motifs is 2. The van der Waals surface area contributed by atoms with Crippen LogP contribution in [0, 0.1) is 0 Å². The maximum Gasteiger partial charge on any atom is 0.263 e. The molecule has 0 saturated carbocycles. The lowest BCUT2D eigenvalue weighted by Crippen LogP contribution is -2.33. The highest BCUT2D eigenvalue weighted by molar-refractivity contribution is 7.17. The first kappa shape index (κ1) is 18.1. The van der Waals surface area contributed by atoms with Crippen molar-refractivity contribution in [1.82, 2.24) is 14.5 Å². The summed E-state index contributed by atoms with van der Waals surface area (Å²) in [6.07, 6.45) is 1.47. The number of nitrogens with zero attached hydrogens (tertiary/aromatic N) is 3. The summed E-state index contributed by atoms with van der Waals surface area (Å²) in [5, 5.41) is 3.10. The standard InChI is InChI=1S/C22H16ClN3O2S/c23-17-7-5-14(6-8-17)18-12-29-21-20(18)22(28)26(13-24-21)11-19(27)25-9-15-3-1-2-4-16(15)10-25/h1-8,12-13H,9-11H2. The van der Waals surface area contributed by atoms with E-state index in [0.29, 0.717) is 28.3 Å². The Kier molecular flexibility index (Phi) is 4.45. The molecule has 0 spiro atoms. The topological polar surface area (TPSA) is 55.2 Å². The minimum Gasteiger partial charge on any atom is -0.332 e. The number of halogens is 1. The highest BCUT2D eigenvalue weighted by atomic mass is 35.5. The van der Waals surface area contributed by atoms with E-state index in [2.05, 4.69) is 4.98 Å². The minimum atomic E-state index is -0.203. The van der Waals surface area contributed by atoms with Gasteiger partial charge in [-0.25, -0.2) is 4.98 Å². The van der Waals surface area contributed by atoms with Crippen LogP contribution < -0.4 is 5.56 Å². The first-order chi connectivity index (χ1) is 14.1. The fraction of sp³-hybridized carbons (Fsp3) is 0.136. The first-order valence-electron chi connectivity index (χ1n) is 9.17. The molecule has 0 N–H and O–H groups in total. The molecule has 144 valence electrons. The summed E-state index contributed by atoms with van der Waals surface area (Å²) in [4.78, 5) is 32.8. The molecule has 29 heavy (non-hydrogen) atoms. The Labute approximate surface area is 175 Å². The van der Waals surface area contributed by atoms with Crippen molar-refractivity contribution in [3.05, 3.63) is 86.7 Å². The minimum absolute atomic E-state index is 0.0222. The molecule has 3 heterocycles. The van der Waals surface area contributed by atoms with Gasteiger partial charge in [0.15, 0.2) is 0 Å². The predicted octanol–water partition coefficient (Wildman–Crippen LogP) is 4.32. The van der Waals surface area contributed by atoms with Crippen molar-refractivity contribution >= 4 is 39.1 Å². The third-order valence-corrected chi connectivity index (χ3v) is 6.35. The lowest BCUT2D eigenvalue weighted by atomic mass is 10.1. The van der Waals surface area contributed by atoms with Gasteiger partial charge in [0.25, 0.3) is 5.56 Å². The lowest BCUT2D eigenvalue weighted by Gasteiger charge is -2.16. The molecule has 1 aliphatic rings. The summed E-state index contributed by atoms with van der Waals surface area (Å²) in [7, 11) is 0. The largest absolute Gasteiger partial charge is 0.332 e. The van der Waals surface area contributed by atoms with E-state index in [1.807, 2.05) is 41.8 Å². The van der Waals surface area contributed by atoms with Crippen LogP contribution >= 0.6 is 22.9 Å². The van der Waals surface area contributed by atoms with Crippen LogP contribution in [0.2, 0.25) is 5.02 Å². The molecule has 5 nitrogen and oxygen atoms in total. The van der Waals surface area contributed by atoms with Crippen molar-refractivity contribution in [1.29, 1.82) is 0 Å². The predicted molar refractivity (Wildman–Crippen MR) is 115 cm³/mol. The van der Waals surface area contributed by atoms with Gasteiger partial charge in [-0.15, -0.1) is 11.3 Å². The summed E-state index contributed by atoms with van der Waals surface area (Å²) < 4.78 is 1.40. The normalized spacial score (nSPS) is 13.1. The van der Waals surface area contributed by atoms with Gasteiger partial charge in [0.2, 0.25) is 5.91 Å². The van der Waals surface area contributed by atoms with Gasteiger partial charge in [0, 0.05) is 29.1 Å². The molecule has 1 aliphatic heterocycles. The zero-order valence-corrected chi connectivity index (χ0v) is 16.9. The van der Waals surface area contributed by atoms with Crippen molar-refractivity contribution in [3.8, 4) is 11.1 Å². The van der Waals surface area contributed by atoms with Gasteiger partial charge >= 0.3 is 0 Å². The lowest BCUT2D eigenvalue weighted by molar-refractivity contribution is -0.132. The van der Waals surface area contributed by atoms with Crippen LogP contribution in [0.25, 0.3) is 21.3 Å². The third-order valence-electron chi connectivity index (χ3n) is 5.22. The van der Waals surface area contributed by atoms with Crippen LogP contribution in [0.4, 0.5) is 0 Å². The number of amides is 1. The Morgan fingerprint density at radius 1 is 1.07 bits per heavy atom. The molecular weight excluding hydrogens is 406 g/mol. The van der Waals surface area contributed by atoms with Crippen molar-refractivity contribution in [2.24, 2.45) is 0 Å². The SMILES string of the molecule is O=C(Cn1cnc2scc(-c3ccc(Cl)cc3)c2c1=O)N1Cc2ccccc2C1. The van der Waals surface area contributed by atoms with E-state index in [1.54, 1.807) is 17.0 Å². The van der Waals surface area contributed by atoms with Gasteiger partial charge in [-0.2, -0.15) is 0 Å². The number of hydrogen-bond donors (Lipinski definition) is 0. The number of thiophene rings is 1. The second-order valence-electron chi connectivity index (χ2n) is 7.03. The average molecular weight is 422 g/mol. The van der Waals surface area contributed by atoms with Crippen LogP contribution in [0.3, 0.4) is 0 Å². The highest BCUT2D eigenvalue weighted by Crippen LogP contribution is 2.31. The van der Waals surface area contributed by atoms with E-state index in [9.17, 15) is 9.59 Å². The Morgan fingerprint density at radius 3 is 2.45 bits per heavy atom. The molecule has 4 aromatic rings. The number of carbonyl (C=O) groups excluding carboxylic acids is 1. The molecular formula is C22H16ClN3O2S. The summed E-state index contributed by atoms with van der Waals surface area (Å²) in [6, 6.07) is 15.4. The maximum atomic E-state index is 13.2. The van der Waals surface area contributed by atoms with Crippen molar-refractivity contribution in [3.63, 3.8) is 0 Å². The molecule has 0 aliphatic carbocycles. The summed E-state index contributed by atoms with van der Waals surface area (Å²) >= 11 is 7.40. The Balaban J connectivity index is 1.46. The molecule has 0 unspecified atom stereocenters. The molecule has 2 aromatic heterocycles. The van der Waals surface area contributed by atoms with Crippen LogP contribution in [0.1, 0.15) is 11.1 Å². The molecule has 2 aromatic carbocycles. The van der Waals surface area contributed by atoms with Crippen molar-refractivity contribution in [2.45, 2.75) is 19.6 Å². The van der Waals surface area contributed by atoms with Gasteiger partial charge in [-0.05, 0) is 28.8 Å². The Morgan fingerprint density at radius 2 is 1.76 bits per heavy atom. The van der Waals surface area contributed by atoms with Crippen LogP contribution in [0.15, 0.2) is 65.0 Å². The second kappa shape index (κ2) is 7.13. The van der Waals surface area contributed by atoms with Crippen LogP contribution in [-0.4, -0.2) is 20.4 Å². The molecule has 0 fully saturated rings. The van der Waals surface area contributed by atoms with Gasteiger partial charge in [0.05, 0.1) is 11.7 Å². The van der Waals surface area contributed by atoms with Crippen LogP contribution in [0.5, 0.6) is 0 Å². The second-order valence-corrected chi connectivity index (χ2v) is 8.33. The quantitative estimate of drug-likeness (QED) is 0.495. The molecule has 1 amide bonds. The molecule has 0 saturated heterocycles. The zero-order valence-electron chi connectivity index (χ0n) is 15.3. The van der Waals surface area contributed by atoms with Gasteiger partial charge < -0.3 is 4.90 Å². The number of aromatic nitrogens is 2. The van der Waals surface area contributed by atoms with Crippen molar-refractivity contribution < 1.29 is 4.79 Å². The maximum absolute atomic E-state index is 13.2. The number of benzene rings is 2. The van der Waals surface area contributed by atoms with Gasteiger partial charge in [0.1, 0.15) is 11.4 Å². The number of carbonyl (C=O) groups is 1. The van der Waals surface area contributed by atoms with E-state index in [1.165, 1.54) is 22.2 Å². The summed E-state index contributed by atoms with van der Waals surface area (Å²) in [6.45, 7) is 1.13. The summed E-state index contributed by atoms with van der Waals surface area (Å²) in [5.41, 5.74) is 3.83. The third kappa shape index (κ3) is 3.24. The molecule has 5 rings (SSSR count). The van der Waals surface area contributed by atoms with Crippen LogP contribution in [-0.2, 0) is 24.4 Å². The number of hydrogen-bond acceptors (Lipinski definition) is 4. The zero-order chi connectivity index (χ0) is 20.0. The van der Waals surface area contributed by atoms with Gasteiger partial charge in [-0.1, -0.05) is 48.0 Å². The van der Waals surface area contributed by atoms with E-state index in [-0.39, 0.29) is 18.0 Å². The van der Waals surface area contributed by atoms with E-state index in [0.717, 1.165) is 22.3 Å².